The molecule has 13 heteroatoms. The van der Waals surface area contributed by atoms with Crippen LogP contribution in [0.15, 0.2) is 42.9 Å². The highest BCUT2D eigenvalue weighted by atomic mass is 32.1. The molecule has 1 amide bonds. The molecule has 1 atom stereocenters. The Morgan fingerprint density at radius 2 is 1.90 bits per heavy atom. The Morgan fingerprint density at radius 1 is 1.10 bits per heavy atom. The van der Waals surface area contributed by atoms with Crippen LogP contribution in [0.4, 0.5) is 14.9 Å². The Labute approximate surface area is 232 Å². The molecule has 0 unspecified atom stereocenters. The van der Waals surface area contributed by atoms with Crippen molar-refractivity contribution in [2.24, 2.45) is 0 Å². The maximum atomic E-state index is 14.9. The summed E-state index contributed by atoms with van der Waals surface area (Å²) in [5.74, 6) is 0.303. The summed E-state index contributed by atoms with van der Waals surface area (Å²) in [7, 11) is 1.53. The number of carbonyl (C=O) groups excluding carboxylic acids is 1. The van der Waals surface area contributed by atoms with E-state index in [1.807, 2.05) is 19.1 Å². The Balaban J connectivity index is 1.28. The quantitative estimate of drug-likeness (QED) is 0.259. The van der Waals surface area contributed by atoms with Gasteiger partial charge in [-0.3, -0.25) is 5.32 Å². The number of aryl methyl sites for hydroxylation is 1. The van der Waals surface area contributed by atoms with Crippen LogP contribution < -0.4 is 14.8 Å². The monoisotopic (exact) mass is 564 g/mol. The number of aliphatic hydroxyl groups excluding tert-OH is 1. The zero-order valence-electron chi connectivity index (χ0n) is 21.8. The molecule has 2 aromatic carbocycles. The van der Waals surface area contributed by atoms with Crippen LogP contribution in [0.25, 0.3) is 31.8 Å². The van der Waals surface area contributed by atoms with Crippen molar-refractivity contribution in [3.8, 4) is 22.2 Å². The number of fused-ring (bicyclic) bond motifs is 2. The van der Waals surface area contributed by atoms with E-state index in [4.69, 9.17) is 19.3 Å². The molecule has 0 spiro atoms. The summed E-state index contributed by atoms with van der Waals surface area (Å²) in [4.78, 5) is 33.8. The van der Waals surface area contributed by atoms with Gasteiger partial charge in [0.25, 0.3) is 0 Å². The van der Waals surface area contributed by atoms with E-state index in [0.717, 1.165) is 15.8 Å². The van der Waals surface area contributed by atoms with Crippen molar-refractivity contribution in [1.29, 1.82) is 0 Å². The third kappa shape index (κ3) is 6.05. The van der Waals surface area contributed by atoms with Crippen LogP contribution in [-0.2, 0) is 11.2 Å². The molecule has 0 radical (unpaired) electrons. The van der Waals surface area contributed by atoms with Gasteiger partial charge in [-0.1, -0.05) is 0 Å². The number of ether oxygens (including phenoxy) is 3. The molecule has 3 aromatic heterocycles. The molecule has 0 saturated carbocycles. The number of nitrogens with zero attached hydrogens (tertiary/aromatic N) is 5. The third-order valence-corrected chi connectivity index (χ3v) is 6.77. The fraction of sp³-hybridized carbons (Fsp3) is 0.259. The van der Waals surface area contributed by atoms with Gasteiger partial charge in [0, 0.05) is 24.1 Å². The lowest BCUT2D eigenvalue weighted by molar-refractivity contribution is 0.0969. The topological polar surface area (TPSA) is 141 Å². The van der Waals surface area contributed by atoms with Crippen molar-refractivity contribution in [3.63, 3.8) is 0 Å². The summed E-state index contributed by atoms with van der Waals surface area (Å²) in [5, 5.41) is 12.1. The molecular weight excluding hydrogens is 539 g/mol. The van der Waals surface area contributed by atoms with Crippen LogP contribution >= 0.6 is 11.3 Å². The summed E-state index contributed by atoms with van der Waals surface area (Å²) >= 11 is 1.38. The second-order valence-electron chi connectivity index (χ2n) is 8.88. The minimum Gasteiger partial charge on any atom is -0.484 e. The SMILES string of the molecule is COc1cnc2c(-c3nc4cc(F)c(O[C@@H](C)COC(=O)Nc5cnc(CCO)nc5)cc4s3)cc(C)cc2n1. The summed E-state index contributed by atoms with van der Waals surface area (Å²) in [5.41, 5.74) is 3.92. The number of benzene rings is 2. The molecule has 40 heavy (non-hydrogen) atoms. The van der Waals surface area contributed by atoms with E-state index in [1.54, 1.807) is 19.2 Å². The summed E-state index contributed by atoms with van der Waals surface area (Å²) < 4.78 is 31.8. The highest BCUT2D eigenvalue weighted by molar-refractivity contribution is 7.21. The molecule has 5 aromatic rings. The Morgan fingerprint density at radius 3 is 2.65 bits per heavy atom. The minimum atomic E-state index is -0.733. The maximum Gasteiger partial charge on any atom is 0.411 e. The lowest BCUT2D eigenvalue weighted by atomic mass is 10.1. The summed E-state index contributed by atoms with van der Waals surface area (Å²) in [6.45, 7) is 3.42. The molecule has 0 bridgehead atoms. The van der Waals surface area contributed by atoms with Gasteiger partial charge in [0.05, 0.1) is 59.2 Å². The van der Waals surface area contributed by atoms with Gasteiger partial charge in [0.1, 0.15) is 23.5 Å². The van der Waals surface area contributed by atoms with Crippen molar-refractivity contribution in [2.75, 3.05) is 25.6 Å². The van der Waals surface area contributed by atoms with Gasteiger partial charge in [0.15, 0.2) is 11.6 Å². The molecule has 0 saturated heterocycles. The second-order valence-corrected chi connectivity index (χ2v) is 9.91. The number of hydrogen-bond donors (Lipinski definition) is 2. The van der Waals surface area contributed by atoms with Crippen LogP contribution in [0, 0.1) is 12.7 Å². The number of aliphatic hydroxyl groups is 1. The van der Waals surface area contributed by atoms with Crippen molar-refractivity contribution in [1.82, 2.24) is 24.9 Å². The highest BCUT2D eigenvalue weighted by Crippen LogP contribution is 2.37. The maximum absolute atomic E-state index is 14.9. The van der Waals surface area contributed by atoms with Gasteiger partial charge in [0.2, 0.25) is 5.88 Å². The predicted molar refractivity (Wildman–Crippen MR) is 147 cm³/mol. The molecule has 0 aliphatic carbocycles. The fourth-order valence-electron chi connectivity index (χ4n) is 3.89. The number of thiazole rings is 1. The van der Waals surface area contributed by atoms with E-state index >= 15 is 0 Å². The first-order valence-electron chi connectivity index (χ1n) is 12.3. The zero-order chi connectivity index (χ0) is 28.2. The van der Waals surface area contributed by atoms with E-state index in [2.05, 4.69) is 30.2 Å². The number of hydrogen-bond acceptors (Lipinski definition) is 11. The predicted octanol–water partition coefficient (Wildman–Crippen LogP) is 4.70. The highest BCUT2D eigenvalue weighted by Gasteiger charge is 2.18. The number of nitrogens with one attached hydrogen (secondary N) is 1. The lowest BCUT2D eigenvalue weighted by Crippen LogP contribution is -2.24. The van der Waals surface area contributed by atoms with Crippen molar-refractivity contribution in [3.05, 3.63) is 60.1 Å². The number of methoxy groups -OCH3 is 1. The van der Waals surface area contributed by atoms with E-state index in [0.29, 0.717) is 45.4 Å². The van der Waals surface area contributed by atoms with Crippen LogP contribution in [0.5, 0.6) is 11.6 Å². The molecule has 0 fully saturated rings. The van der Waals surface area contributed by atoms with E-state index in [1.165, 1.54) is 36.9 Å². The Kier molecular flexibility index (Phi) is 7.94. The first kappa shape index (κ1) is 27.1. The first-order valence-corrected chi connectivity index (χ1v) is 13.1. The summed E-state index contributed by atoms with van der Waals surface area (Å²) in [6, 6.07) is 6.78. The Bertz CT molecular complexity index is 1680. The van der Waals surface area contributed by atoms with Gasteiger partial charge >= 0.3 is 6.09 Å². The number of aromatic nitrogens is 5. The average Bonchev–Trinajstić information content (AvgIpc) is 3.35. The van der Waals surface area contributed by atoms with Gasteiger partial charge in [-0.2, -0.15) is 0 Å². The van der Waals surface area contributed by atoms with Crippen LogP contribution in [-0.4, -0.2) is 62.5 Å². The molecule has 206 valence electrons. The smallest absolute Gasteiger partial charge is 0.411 e. The average molecular weight is 565 g/mol. The Hall–Kier alpha value is -4.49. The normalized spacial score (nSPS) is 11.9. The number of anilines is 1. The number of halogens is 1. The van der Waals surface area contributed by atoms with Gasteiger partial charge < -0.3 is 19.3 Å². The molecule has 3 heterocycles. The first-order chi connectivity index (χ1) is 19.3. The second kappa shape index (κ2) is 11.7. The van der Waals surface area contributed by atoms with E-state index in [9.17, 15) is 9.18 Å². The molecule has 0 aliphatic heterocycles. The van der Waals surface area contributed by atoms with Gasteiger partial charge in [-0.25, -0.2) is 34.1 Å². The van der Waals surface area contributed by atoms with Crippen LogP contribution in [0.3, 0.4) is 0 Å². The van der Waals surface area contributed by atoms with E-state index in [-0.39, 0.29) is 19.0 Å². The largest absolute Gasteiger partial charge is 0.484 e. The van der Waals surface area contributed by atoms with Crippen LogP contribution in [0.1, 0.15) is 18.3 Å². The van der Waals surface area contributed by atoms with Gasteiger partial charge in [-0.15, -0.1) is 11.3 Å². The molecule has 2 N–H and O–H groups in total. The zero-order valence-corrected chi connectivity index (χ0v) is 22.7. The standard InChI is InChI=1S/C27H25FN6O5S/c1-14-6-17(25-20(7-14)33-24(37-3)12-31-25)26-34-19-8-18(28)21(9-22(19)40-26)39-15(2)13-38-27(36)32-16-10-29-23(4-5-35)30-11-16/h6-12,15,35H,4-5,13H2,1-3H3,(H,32,36)/t15-/m0/s1. The minimum absolute atomic E-state index is 0.0192. The molecular formula is C27H25FN6O5S. The number of carbonyl (C=O) groups is 1. The van der Waals surface area contributed by atoms with Crippen LogP contribution in [0.2, 0.25) is 0 Å². The molecule has 5 rings (SSSR count). The molecule has 11 nitrogen and oxygen atoms in total. The fourth-order valence-corrected chi connectivity index (χ4v) is 4.88. The number of rotatable bonds is 9. The lowest BCUT2D eigenvalue weighted by Gasteiger charge is -2.15. The third-order valence-electron chi connectivity index (χ3n) is 5.71. The molecule has 0 aliphatic rings. The number of amides is 1. The van der Waals surface area contributed by atoms with Crippen molar-refractivity contribution in [2.45, 2.75) is 26.4 Å². The van der Waals surface area contributed by atoms with Crippen molar-refractivity contribution < 1.29 is 28.5 Å². The summed E-state index contributed by atoms with van der Waals surface area (Å²) in [6.07, 6.45) is 3.32. The van der Waals surface area contributed by atoms with Crippen molar-refractivity contribution >= 4 is 44.4 Å². The van der Waals surface area contributed by atoms with E-state index < -0.39 is 18.0 Å². The van der Waals surface area contributed by atoms with Gasteiger partial charge in [-0.05, 0) is 31.5 Å².